The molecule has 2 nitrogen and oxygen atoms in total. The van der Waals surface area contributed by atoms with Gasteiger partial charge in [0, 0.05) is 0 Å². The van der Waals surface area contributed by atoms with Crippen molar-refractivity contribution in [3.8, 4) is 0 Å². The number of aliphatic hydroxyl groups is 1. The van der Waals surface area contributed by atoms with Crippen LogP contribution in [0.1, 0.15) is 22.7 Å². The first-order valence-corrected chi connectivity index (χ1v) is 4.75. The van der Waals surface area contributed by atoms with Crippen LogP contribution in [0.4, 0.5) is 0 Å². The van der Waals surface area contributed by atoms with Crippen LogP contribution in [-0.4, -0.2) is 18.3 Å². The lowest BCUT2D eigenvalue weighted by atomic mass is 9.93. The summed E-state index contributed by atoms with van der Waals surface area (Å²) in [5.41, 5.74) is 3.95. The lowest BCUT2D eigenvalue weighted by Crippen LogP contribution is -2.32. The van der Waals surface area contributed by atoms with Gasteiger partial charge in [-0.25, -0.2) is 0 Å². The quantitative estimate of drug-likeness (QED) is 0.675. The number of hydrogen-bond acceptors (Lipinski definition) is 2. The maximum atomic E-state index is 9.14. The Morgan fingerprint density at radius 3 is 3.15 bits per heavy atom. The van der Waals surface area contributed by atoms with E-state index in [4.69, 9.17) is 5.11 Å². The fourth-order valence-corrected chi connectivity index (χ4v) is 1.94. The second-order valence-electron chi connectivity index (χ2n) is 3.64. The van der Waals surface area contributed by atoms with Gasteiger partial charge >= 0.3 is 0 Å². The summed E-state index contributed by atoms with van der Waals surface area (Å²) in [6, 6.07) is 6.59. The zero-order chi connectivity index (χ0) is 9.26. The van der Waals surface area contributed by atoms with Crippen molar-refractivity contribution >= 4 is 0 Å². The molecule has 1 aromatic carbocycles. The lowest BCUT2D eigenvalue weighted by molar-refractivity contribution is 0.240. The average molecular weight is 177 g/mol. The molecule has 2 heteroatoms. The van der Waals surface area contributed by atoms with Crippen molar-refractivity contribution in [2.75, 3.05) is 13.2 Å². The first kappa shape index (κ1) is 8.73. The molecule has 0 amide bonds. The molecule has 2 rings (SSSR count). The fraction of sp³-hybridized carbons (Fsp3) is 0.455. The molecule has 0 saturated carbocycles. The summed E-state index contributed by atoms with van der Waals surface area (Å²) < 4.78 is 0. The molecule has 0 spiro atoms. The number of fused-ring (bicyclic) bond motifs is 1. The Morgan fingerprint density at radius 1 is 1.54 bits per heavy atom. The Bertz CT molecular complexity index is 309. The van der Waals surface area contributed by atoms with Gasteiger partial charge in [-0.05, 0) is 31.0 Å². The van der Waals surface area contributed by atoms with E-state index in [2.05, 4.69) is 30.4 Å². The Kier molecular flexibility index (Phi) is 2.34. The molecule has 1 atom stereocenters. The van der Waals surface area contributed by atoms with Crippen LogP contribution in [0.2, 0.25) is 0 Å². The summed E-state index contributed by atoms with van der Waals surface area (Å²) in [4.78, 5) is 0. The minimum atomic E-state index is 0.143. The van der Waals surface area contributed by atoms with E-state index in [-0.39, 0.29) is 12.6 Å². The topological polar surface area (TPSA) is 32.3 Å². The van der Waals surface area contributed by atoms with Crippen LogP contribution in [0.3, 0.4) is 0 Å². The molecule has 1 aromatic rings. The summed E-state index contributed by atoms with van der Waals surface area (Å²) in [5, 5.41) is 12.4. The number of benzene rings is 1. The molecule has 1 heterocycles. The van der Waals surface area contributed by atoms with Crippen molar-refractivity contribution in [3.05, 3.63) is 34.9 Å². The highest BCUT2D eigenvalue weighted by Gasteiger charge is 2.17. The van der Waals surface area contributed by atoms with Crippen LogP contribution in [0.25, 0.3) is 0 Å². The van der Waals surface area contributed by atoms with Crippen LogP contribution < -0.4 is 5.32 Å². The molecule has 0 aromatic heterocycles. The van der Waals surface area contributed by atoms with Crippen molar-refractivity contribution in [2.45, 2.75) is 19.4 Å². The minimum Gasteiger partial charge on any atom is -0.394 e. The van der Waals surface area contributed by atoms with E-state index in [1.54, 1.807) is 0 Å². The maximum absolute atomic E-state index is 9.14. The summed E-state index contributed by atoms with van der Waals surface area (Å²) in [6.45, 7) is 3.27. The van der Waals surface area contributed by atoms with Crippen molar-refractivity contribution in [1.29, 1.82) is 0 Å². The molecule has 1 aliphatic rings. The summed E-state index contributed by atoms with van der Waals surface area (Å²) in [5.74, 6) is 0. The SMILES string of the molecule is Cc1ccc2c(c1)CCN[C@H]2CO. The summed E-state index contributed by atoms with van der Waals surface area (Å²) in [6.07, 6.45) is 1.08. The number of aryl methyl sites for hydroxylation is 1. The van der Waals surface area contributed by atoms with Crippen molar-refractivity contribution in [3.63, 3.8) is 0 Å². The molecule has 0 unspecified atom stereocenters. The van der Waals surface area contributed by atoms with Gasteiger partial charge in [0.15, 0.2) is 0 Å². The monoisotopic (exact) mass is 177 g/mol. The summed E-state index contributed by atoms with van der Waals surface area (Å²) in [7, 11) is 0. The second kappa shape index (κ2) is 3.48. The zero-order valence-electron chi connectivity index (χ0n) is 7.88. The van der Waals surface area contributed by atoms with E-state index < -0.39 is 0 Å². The minimum absolute atomic E-state index is 0.143. The largest absolute Gasteiger partial charge is 0.394 e. The average Bonchev–Trinajstić information content (AvgIpc) is 2.16. The Labute approximate surface area is 78.6 Å². The van der Waals surface area contributed by atoms with Gasteiger partial charge in [0.05, 0.1) is 12.6 Å². The smallest absolute Gasteiger partial charge is 0.0626 e. The number of aliphatic hydroxyl groups excluding tert-OH is 1. The van der Waals surface area contributed by atoms with E-state index in [1.165, 1.54) is 16.7 Å². The van der Waals surface area contributed by atoms with Crippen molar-refractivity contribution in [2.24, 2.45) is 0 Å². The van der Waals surface area contributed by atoms with Gasteiger partial charge in [-0.1, -0.05) is 23.8 Å². The van der Waals surface area contributed by atoms with Gasteiger partial charge in [-0.3, -0.25) is 0 Å². The molecule has 70 valence electrons. The van der Waals surface area contributed by atoms with Gasteiger partial charge in [0.1, 0.15) is 0 Å². The first-order chi connectivity index (χ1) is 6.31. The van der Waals surface area contributed by atoms with Gasteiger partial charge in [0.25, 0.3) is 0 Å². The molecule has 0 saturated heterocycles. The number of rotatable bonds is 1. The fourth-order valence-electron chi connectivity index (χ4n) is 1.94. The third kappa shape index (κ3) is 1.60. The highest BCUT2D eigenvalue weighted by molar-refractivity contribution is 5.35. The number of nitrogens with one attached hydrogen (secondary N) is 1. The Hall–Kier alpha value is -0.860. The number of hydrogen-bond donors (Lipinski definition) is 2. The van der Waals surface area contributed by atoms with Crippen LogP contribution in [0, 0.1) is 6.92 Å². The van der Waals surface area contributed by atoms with E-state index in [1.807, 2.05) is 0 Å². The lowest BCUT2D eigenvalue weighted by Gasteiger charge is -2.25. The van der Waals surface area contributed by atoms with Crippen LogP contribution in [-0.2, 0) is 6.42 Å². The molecule has 2 N–H and O–H groups in total. The van der Waals surface area contributed by atoms with E-state index in [9.17, 15) is 0 Å². The molecule has 0 radical (unpaired) electrons. The molecule has 0 aliphatic carbocycles. The van der Waals surface area contributed by atoms with Crippen molar-refractivity contribution in [1.82, 2.24) is 5.32 Å². The highest BCUT2D eigenvalue weighted by Crippen LogP contribution is 2.23. The molecular weight excluding hydrogens is 162 g/mol. The second-order valence-corrected chi connectivity index (χ2v) is 3.64. The van der Waals surface area contributed by atoms with Crippen LogP contribution in [0.15, 0.2) is 18.2 Å². The Morgan fingerprint density at radius 2 is 2.38 bits per heavy atom. The molecule has 1 aliphatic heterocycles. The molecule has 0 fully saturated rings. The van der Waals surface area contributed by atoms with Gasteiger partial charge < -0.3 is 10.4 Å². The van der Waals surface area contributed by atoms with Gasteiger partial charge in [-0.15, -0.1) is 0 Å². The predicted molar refractivity (Wildman–Crippen MR) is 52.7 cm³/mol. The molecular formula is C11H15NO. The predicted octanol–water partition coefficient (Wildman–Crippen LogP) is 1.17. The third-order valence-corrected chi connectivity index (χ3v) is 2.64. The standard InChI is InChI=1S/C11H15NO/c1-8-2-3-10-9(6-8)4-5-12-11(10)7-13/h2-3,6,11-13H,4-5,7H2,1H3/t11-/m0/s1. The summed E-state index contributed by atoms with van der Waals surface area (Å²) >= 11 is 0. The molecule has 13 heavy (non-hydrogen) atoms. The van der Waals surface area contributed by atoms with E-state index in [0.717, 1.165) is 13.0 Å². The van der Waals surface area contributed by atoms with E-state index in [0.29, 0.717) is 0 Å². The molecule has 0 bridgehead atoms. The van der Waals surface area contributed by atoms with Crippen molar-refractivity contribution < 1.29 is 5.11 Å². The maximum Gasteiger partial charge on any atom is 0.0626 e. The third-order valence-electron chi connectivity index (χ3n) is 2.64. The normalized spacial score (nSPS) is 21.2. The van der Waals surface area contributed by atoms with Gasteiger partial charge in [0.2, 0.25) is 0 Å². The zero-order valence-corrected chi connectivity index (χ0v) is 7.88. The van der Waals surface area contributed by atoms with E-state index >= 15 is 0 Å². The van der Waals surface area contributed by atoms with Crippen LogP contribution in [0.5, 0.6) is 0 Å². The first-order valence-electron chi connectivity index (χ1n) is 4.75. The van der Waals surface area contributed by atoms with Crippen LogP contribution >= 0.6 is 0 Å². The Balaban J connectivity index is 2.40. The van der Waals surface area contributed by atoms with Gasteiger partial charge in [-0.2, -0.15) is 0 Å². The highest BCUT2D eigenvalue weighted by atomic mass is 16.3.